The van der Waals surface area contributed by atoms with Crippen molar-refractivity contribution >= 4 is 10.4 Å². The fourth-order valence-corrected chi connectivity index (χ4v) is 1.83. The summed E-state index contributed by atoms with van der Waals surface area (Å²) in [4.78, 5) is 0. The van der Waals surface area contributed by atoms with Gasteiger partial charge in [-0.05, 0) is 0 Å². The highest BCUT2D eigenvalue weighted by atomic mass is 32.3. The van der Waals surface area contributed by atoms with E-state index in [1.807, 2.05) is 0 Å². The maximum Gasteiger partial charge on any atom is 0.397 e. The van der Waals surface area contributed by atoms with Crippen LogP contribution in [0.15, 0.2) is 0 Å². The Kier molecular flexibility index (Phi) is 4.20. The van der Waals surface area contributed by atoms with Gasteiger partial charge in [0.2, 0.25) is 0 Å². The Balaban J connectivity index is 2.85. The molecule has 0 radical (unpaired) electrons. The summed E-state index contributed by atoms with van der Waals surface area (Å²) in [5.74, 6) is 0. The number of hydrogen-bond donors (Lipinski definition) is 5. The van der Waals surface area contributed by atoms with Gasteiger partial charge in [0.15, 0.2) is 6.29 Å². The van der Waals surface area contributed by atoms with Gasteiger partial charge in [0.1, 0.15) is 24.4 Å². The first kappa shape index (κ1) is 13.7. The zero-order valence-electron chi connectivity index (χ0n) is 7.87. The summed E-state index contributed by atoms with van der Waals surface area (Å²) in [6.45, 7) is -0.726. The monoisotopic (exact) mass is 260 g/mol. The first-order valence-corrected chi connectivity index (χ1v) is 5.59. The quantitative estimate of drug-likeness (QED) is 0.327. The van der Waals surface area contributed by atoms with Crippen LogP contribution in [0.4, 0.5) is 0 Å². The summed E-state index contributed by atoms with van der Waals surface area (Å²) >= 11 is 0. The predicted molar refractivity (Wildman–Crippen MR) is 46.4 cm³/mol. The highest BCUT2D eigenvalue weighted by Crippen LogP contribution is 2.23. The van der Waals surface area contributed by atoms with Crippen molar-refractivity contribution in [3.8, 4) is 0 Å². The van der Waals surface area contributed by atoms with Crippen LogP contribution in [-0.4, -0.2) is 70.7 Å². The molecule has 0 aromatic rings. The van der Waals surface area contributed by atoms with Gasteiger partial charge >= 0.3 is 10.4 Å². The van der Waals surface area contributed by atoms with Crippen LogP contribution in [0.25, 0.3) is 0 Å². The van der Waals surface area contributed by atoms with Crippen molar-refractivity contribution in [2.24, 2.45) is 0 Å². The van der Waals surface area contributed by atoms with Crippen LogP contribution >= 0.6 is 0 Å². The predicted octanol–water partition coefficient (Wildman–Crippen LogP) is -3.39. The van der Waals surface area contributed by atoms with Crippen LogP contribution in [0, 0.1) is 0 Å². The molecule has 0 unspecified atom stereocenters. The second kappa shape index (κ2) is 4.89. The number of aliphatic hydroxyl groups excluding tert-OH is 4. The van der Waals surface area contributed by atoms with Crippen molar-refractivity contribution in [3.05, 3.63) is 0 Å². The molecule has 0 aliphatic carbocycles. The Hall–Kier alpha value is -0.330. The lowest BCUT2D eigenvalue weighted by molar-refractivity contribution is -0.282. The Labute approximate surface area is 90.8 Å². The molecule has 1 rings (SSSR count). The summed E-state index contributed by atoms with van der Waals surface area (Å²) in [7, 11) is -4.91. The smallest absolute Gasteiger partial charge is 0.394 e. The van der Waals surface area contributed by atoms with E-state index < -0.39 is 47.7 Å². The zero-order chi connectivity index (χ0) is 12.5. The van der Waals surface area contributed by atoms with Crippen molar-refractivity contribution in [3.63, 3.8) is 0 Å². The molecule has 0 aromatic carbocycles. The van der Waals surface area contributed by atoms with E-state index in [1.54, 1.807) is 0 Å². The van der Waals surface area contributed by atoms with E-state index in [1.165, 1.54) is 0 Å². The molecule has 10 heteroatoms. The molecule has 96 valence electrons. The van der Waals surface area contributed by atoms with Gasteiger partial charge in [0, 0.05) is 0 Å². The molecular formula is C6H12O9S. The molecule has 0 spiro atoms. The van der Waals surface area contributed by atoms with E-state index in [0.29, 0.717) is 0 Å². The Morgan fingerprint density at radius 2 is 1.75 bits per heavy atom. The highest BCUT2D eigenvalue weighted by molar-refractivity contribution is 7.80. The molecule has 0 bridgehead atoms. The molecular weight excluding hydrogens is 248 g/mol. The third kappa shape index (κ3) is 3.09. The lowest BCUT2D eigenvalue weighted by Crippen LogP contribution is -2.59. The van der Waals surface area contributed by atoms with E-state index in [-0.39, 0.29) is 0 Å². The number of aliphatic hydroxyl groups is 4. The van der Waals surface area contributed by atoms with E-state index in [2.05, 4.69) is 8.92 Å². The molecule has 0 saturated carbocycles. The lowest BCUT2D eigenvalue weighted by atomic mass is 9.99. The summed E-state index contributed by atoms with van der Waals surface area (Å²) in [6, 6.07) is 0. The van der Waals surface area contributed by atoms with Crippen LogP contribution in [0.2, 0.25) is 0 Å². The first-order valence-electron chi connectivity index (χ1n) is 4.22. The minimum atomic E-state index is -4.91. The second-order valence-electron chi connectivity index (χ2n) is 3.22. The van der Waals surface area contributed by atoms with Crippen LogP contribution in [0.1, 0.15) is 0 Å². The topological polar surface area (TPSA) is 154 Å². The van der Waals surface area contributed by atoms with Crippen molar-refractivity contribution in [1.82, 2.24) is 0 Å². The first-order chi connectivity index (χ1) is 7.26. The van der Waals surface area contributed by atoms with Crippen molar-refractivity contribution in [2.45, 2.75) is 30.7 Å². The van der Waals surface area contributed by atoms with Crippen LogP contribution in [0.5, 0.6) is 0 Å². The fourth-order valence-electron chi connectivity index (χ4n) is 1.32. The summed E-state index contributed by atoms with van der Waals surface area (Å²) in [5.41, 5.74) is 0. The third-order valence-electron chi connectivity index (χ3n) is 2.07. The standard InChI is InChI=1S/C6H12O9S/c7-1-2-3(8)5(15-16(11,12)13)4(9)6(10)14-2/h2-10H,1H2,(H,11,12,13)/t2-,3-,4-,5+,6-/m1/s1. The van der Waals surface area contributed by atoms with Crippen LogP contribution in [-0.2, 0) is 19.3 Å². The maximum absolute atomic E-state index is 10.4. The molecule has 1 fully saturated rings. The number of rotatable bonds is 3. The van der Waals surface area contributed by atoms with E-state index >= 15 is 0 Å². The van der Waals surface area contributed by atoms with Gasteiger partial charge in [-0.2, -0.15) is 8.42 Å². The fraction of sp³-hybridized carbons (Fsp3) is 1.00. The average Bonchev–Trinajstić information content (AvgIpc) is 2.17. The van der Waals surface area contributed by atoms with Gasteiger partial charge < -0.3 is 25.2 Å². The summed E-state index contributed by atoms with van der Waals surface area (Å²) in [5, 5.41) is 36.5. The van der Waals surface area contributed by atoms with Crippen LogP contribution < -0.4 is 0 Å². The highest BCUT2D eigenvalue weighted by Gasteiger charge is 2.46. The van der Waals surface area contributed by atoms with Crippen molar-refractivity contribution < 1.29 is 42.3 Å². The Morgan fingerprint density at radius 1 is 1.19 bits per heavy atom. The van der Waals surface area contributed by atoms with Gasteiger partial charge in [0.25, 0.3) is 0 Å². The molecule has 9 nitrogen and oxygen atoms in total. The van der Waals surface area contributed by atoms with Gasteiger partial charge in [-0.15, -0.1) is 0 Å². The maximum atomic E-state index is 10.4. The minimum absolute atomic E-state index is 0.726. The minimum Gasteiger partial charge on any atom is -0.394 e. The molecule has 1 heterocycles. The third-order valence-corrected chi connectivity index (χ3v) is 2.54. The Morgan fingerprint density at radius 3 is 2.19 bits per heavy atom. The van der Waals surface area contributed by atoms with E-state index in [4.69, 9.17) is 14.8 Å². The second-order valence-corrected chi connectivity index (χ2v) is 4.27. The molecule has 1 aliphatic heterocycles. The molecule has 5 N–H and O–H groups in total. The molecule has 1 aliphatic rings. The van der Waals surface area contributed by atoms with E-state index in [0.717, 1.165) is 0 Å². The summed E-state index contributed by atoms with van der Waals surface area (Å²) < 4.78 is 37.8. The average molecular weight is 260 g/mol. The van der Waals surface area contributed by atoms with Gasteiger partial charge in [0.05, 0.1) is 6.61 Å². The zero-order valence-corrected chi connectivity index (χ0v) is 8.69. The molecule has 0 amide bonds. The van der Waals surface area contributed by atoms with Gasteiger partial charge in [-0.3, -0.25) is 4.55 Å². The number of hydrogen-bond acceptors (Lipinski definition) is 8. The lowest BCUT2D eigenvalue weighted by Gasteiger charge is -2.38. The molecule has 16 heavy (non-hydrogen) atoms. The SMILES string of the molecule is O=S(=O)(O)O[C@@H]1[C@@H](O)[C@H](O)O[C@H](CO)[C@H]1O. The van der Waals surface area contributed by atoms with Crippen molar-refractivity contribution in [1.29, 1.82) is 0 Å². The van der Waals surface area contributed by atoms with Gasteiger partial charge in [-0.25, -0.2) is 4.18 Å². The Bertz CT molecular complexity index is 327. The molecule has 0 aromatic heterocycles. The van der Waals surface area contributed by atoms with Crippen LogP contribution in [0.3, 0.4) is 0 Å². The molecule has 5 atom stereocenters. The van der Waals surface area contributed by atoms with E-state index in [9.17, 15) is 18.6 Å². The molecule has 1 saturated heterocycles. The largest absolute Gasteiger partial charge is 0.397 e. The van der Waals surface area contributed by atoms with Gasteiger partial charge in [-0.1, -0.05) is 0 Å². The van der Waals surface area contributed by atoms with Crippen molar-refractivity contribution in [2.75, 3.05) is 6.61 Å². The summed E-state index contributed by atoms with van der Waals surface area (Å²) in [6.07, 6.45) is -8.58. The normalized spacial score (nSPS) is 40.9. The number of ether oxygens (including phenoxy) is 1.